The minimum atomic E-state index is -0.258. The van der Waals surface area contributed by atoms with E-state index in [4.69, 9.17) is 12.2 Å². The topological polar surface area (TPSA) is 41.1 Å². The molecule has 2 aromatic rings. The molecule has 1 aromatic carbocycles. The van der Waals surface area contributed by atoms with E-state index < -0.39 is 0 Å². The molecule has 0 bridgehead atoms. The number of thiocarbonyl (C=S) groups is 1. The van der Waals surface area contributed by atoms with E-state index in [2.05, 4.69) is 26.6 Å². The molecule has 0 unspecified atom stereocenters. The summed E-state index contributed by atoms with van der Waals surface area (Å²) >= 11 is 10.0. The molecule has 0 radical (unpaired) electrons. The van der Waals surface area contributed by atoms with Crippen LogP contribution in [0.25, 0.3) is 6.08 Å². The lowest BCUT2D eigenvalue weighted by atomic mass is 10.3. The molecule has 102 valence electrons. The van der Waals surface area contributed by atoms with Crippen LogP contribution in [0.1, 0.15) is 4.88 Å². The van der Waals surface area contributed by atoms with Gasteiger partial charge in [-0.05, 0) is 47.9 Å². The molecule has 0 aliphatic heterocycles. The van der Waals surface area contributed by atoms with Gasteiger partial charge < -0.3 is 5.32 Å². The van der Waals surface area contributed by atoms with Crippen molar-refractivity contribution in [3.8, 4) is 0 Å². The van der Waals surface area contributed by atoms with Crippen molar-refractivity contribution in [2.45, 2.75) is 0 Å². The number of nitrogens with one attached hydrogen (secondary N) is 2. The molecule has 2 rings (SSSR count). The molecule has 0 atom stereocenters. The normalized spacial score (nSPS) is 10.4. The first kappa shape index (κ1) is 14.9. The van der Waals surface area contributed by atoms with Crippen LogP contribution >= 0.6 is 39.5 Å². The number of anilines is 1. The molecule has 20 heavy (non-hydrogen) atoms. The van der Waals surface area contributed by atoms with Crippen LogP contribution in [0, 0.1) is 0 Å². The van der Waals surface area contributed by atoms with Crippen LogP contribution in [-0.2, 0) is 4.79 Å². The lowest BCUT2D eigenvalue weighted by Gasteiger charge is -2.08. The minimum absolute atomic E-state index is 0.258. The SMILES string of the molecule is O=C(/C=C/c1cccs1)NC(=S)Nc1cccc(Br)c1. The van der Waals surface area contributed by atoms with Gasteiger partial charge in [0.05, 0.1) is 0 Å². The maximum absolute atomic E-state index is 11.7. The zero-order valence-electron chi connectivity index (χ0n) is 10.3. The van der Waals surface area contributed by atoms with E-state index in [9.17, 15) is 4.79 Å². The van der Waals surface area contributed by atoms with Crippen LogP contribution in [0.3, 0.4) is 0 Å². The van der Waals surface area contributed by atoms with Gasteiger partial charge in [-0.15, -0.1) is 11.3 Å². The highest BCUT2D eigenvalue weighted by Crippen LogP contribution is 2.15. The summed E-state index contributed by atoms with van der Waals surface area (Å²) in [6, 6.07) is 11.4. The van der Waals surface area contributed by atoms with Gasteiger partial charge in [0.15, 0.2) is 5.11 Å². The smallest absolute Gasteiger partial charge is 0.250 e. The average molecular weight is 367 g/mol. The van der Waals surface area contributed by atoms with E-state index in [0.29, 0.717) is 0 Å². The van der Waals surface area contributed by atoms with Gasteiger partial charge in [0.25, 0.3) is 0 Å². The Labute approximate surface area is 134 Å². The Balaban J connectivity index is 1.86. The highest BCUT2D eigenvalue weighted by atomic mass is 79.9. The third-order valence-electron chi connectivity index (χ3n) is 2.26. The first-order valence-electron chi connectivity index (χ1n) is 5.72. The lowest BCUT2D eigenvalue weighted by molar-refractivity contribution is -0.115. The molecule has 3 nitrogen and oxygen atoms in total. The Morgan fingerprint density at radius 3 is 2.85 bits per heavy atom. The van der Waals surface area contributed by atoms with E-state index in [0.717, 1.165) is 15.0 Å². The van der Waals surface area contributed by atoms with Crippen molar-refractivity contribution in [1.29, 1.82) is 0 Å². The number of amides is 1. The van der Waals surface area contributed by atoms with Gasteiger partial charge in [-0.1, -0.05) is 28.1 Å². The first-order chi connectivity index (χ1) is 9.63. The number of halogens is 1. The number of hydrogen-bond acceptors (Lipinski definition) is 3. The van der Waals surface area contributed by atoms with Crippen molar-refractivity contribution in [3.05, 3.63) is 57.2 Å². The molecule has 0 spiro atoms. The Morgan fingerprint density at radius 2 is 2.15 bits per heavy atom. The summed E-state index contributed by atoms with van der Waals surface area (Å²) in [5, 5.41) is 7.76. The van der Waals surface area contributed by atoms with Gasteiger partial charge in [-0.3, -0.25) is 10.1 Å². The summed E-state index contributed by atoms with van der Waals surface area (Å²) in [5.74, 6) is -0.258. The van der Waals surface area contributed by atoms with Crippen LogP contribution in [0.4, 0.5) is 5.69 Å². The monoisotopic (exact) mass is 366 g/mol. The van der Waals surface area contributed by atoms with Gasteiger partial charge >= 0.3 is 0 Å². The Bertz CT molecular complexity index is 638. The zero-order valence-corrected chi connectivity index (χ0v) is 13.5. The zero-order chi connectivity index (χ0) is 14.4. The van der Waals surface area contributed by atoms with Crippen LogP contribution in [0.15, 0.2) is 52.3 Å². The van der Waals surface area contributed by atoms with E-state index in [1.165, 1.54) is 6.08 Å². The predicted octanol–water partition coefficient (Wildman–Crippen LogP) is 4.04. The van der Waals surface area contributed by atoms with Crippen molar-refractivity contribution >= 4 is 62.3 Å². The first-order valence-corrected chi connectivity index (χ1v) is 7.81. The summed E-state index contributed by atoms with van der Waals surface area (Å²) in [6.07, 6.45) is 3.21. The molecule has 0 saturated carbocycles. The van der Waals surface area contributed by atoms with E-state index in [1.807, 2.05) is 41.8 Å². The largest absolute Gasteiger partial charge is 0.332 e. The molecule has 1 aromatic heterocycles. The number of carbonyl (C=O) groups is 1. The summed E-state index contributed by atoms with van der Waals surface area (Å²) in [6.45, 7) is 0. The van der Waals surface area contributed by atoms with Crippen molar-refractivity contribution in [3.63, 3.8) is 0 Å². The van der Waals surface area contributed by atoms with Crippen LogP contribution in [0.2, 0.25) is 0 Å². The molecule has 6 heteroatoms. The highest BCUT2D eigenvalue weighted by molar-refractivity contribution is 9.10. The van der Waals surface area contributed by atoms with Gasteiger partial charge in [-0.2, -0.15) is 0 Å². The molecule has 0 aliphatic carbocycles. The summed E-state index contributed by atoms with van der Waals surface area (Å²) in [5.41, 5.74) is 0.812. The number of benzene rings is 1. The van der Waals surface area contributed by atoms with Gasteiger partial charge in [0.2, 0.25) is 5.91 Å². The van der Waals surface area contributed by atoms with Crippen molar-refractivity contribution in [2.24, 2.45) is 0 Å². The van der Waals surface area contributed by atoms with Crippen molar-refractivity contribution in [2.75, 3.05) is 5.32 Å². The number of carbonyl (C=O) groups excluding carboxylic acids is 1. The fourth-order valence-electron chi connectivity index (χ4n) is 1.43. The average Bonchev–Trinajstić information content (AvgIpc) is 2.89. The molecule has 0 fully saturated rings. The molecule has 0 saturated heterocycles. The number of hydrogen-bond donors (Lipinski definition) is 2. The van der Waals surface area contributed by atoms with Crippen LogP contribution < -0.4 is 10.6 Å². The quantitative estimate of drug-likeness (QED) is 0.636. The minimum Gasteiger partial charge on any atom is -0.332 e. The van der Waals surface area contributed by atoms with E-state index in [-0.39, 0.29) is 11.0 Å². The molecule has 2 N–H and O–H groups in total. The maximum Gasteiger partial charge on any atom is 0.250 e. The standard InChI is InChI=1S/C14H11BrN2OS2/c15-10-3-1-4-11(9-10)16-14(19)17-13(18)7-6-12-5-2-8-20-12/h1-9H,(H2,16,17,18,19)/b7-6+. The Hall–Kier alpha value is -1.50. The maximum atomic E-state index is 11.7. The van der Waals surface area contributed by atoms with Crippen LogP contribution in [0.5, 0.6) is 0 Å². The van der Waals surface area contributed by atoms with Crippen molar-refractivity contribution in [1.82, 2.24) is 5.32 Å². The predicted molar refractivity (Wildman–Crippen MR) is 91.9 cm³/mol. The Kier molecular flexibility index (Phi) is 5.46. The third kappa shape index (κ3) is 4.88. The molecule has 0 aliphatic rings. The number of thiophene rings is 1. The molecule has 1 heterocycles. The van der Waals surface area contributed by atoms with Crippen molar-refractivity contribution < 1.29 is 4.79 Å². The summed E-state index contributed by atoms with van der Waals surface area (Å²) in [7, 11) is 0. The second-order valence-corrected chi connectivity index (χ2v) is 6.11. The lowest BCUT2D eigenvalue weighted by Crippen LogP contribution is -2.32. The highest BCUT2D eigenvalue weighted by Gasteiger charge is 2.02. The van der Waals surface area contributed by atoms with E-state index in [1.54, 1.807) is 17.4 Å². The second kappa shape index (κ2) is 7.33. The summed E-state index contributed by atoms with van der Waals surface area (Å²) in [4.78, 5) is 12.7. The van der Waals surface area contributed by atoms with E-state index >= 15 is 0 Å². The Morgan fingerprint density at radius 1 is 1.30 bits per heavy atom. The van der Waals surface area contributed by atoms with Gasteiger partial charge in [0.1, 0.15) is 0 Å². The third-order valence-corrected chi connectivity index (χ3v) is 3.80. The van der Waals surface area contributed by atoms with Gasteiger partial charge in [0, 0.05) is 21.1 Å². The fraction of sp³-hybridized carbons (Fsp3) is 0. The summed E-state index contributed by atoms with van der Waals surface area (Å²) < 4.78 is 0.939. The molecule has 1 amide bonds. The molecular weight excluding hydrogens is 356 g/mol. The molecular formula is C14H11BrN2OS2. The van der Waals surface area contributed by atoms with Crippen LogP contribution in [-0.4, -0.2) is 11.0 Å². The van der Waals surface area contributed by atoms with Gasteiger partial charge in [-0.25, -0.2) is 0 Å². The second-order valence-electron chi connectivity index (χ2n) is 3.80. The number of rotatable bonds is 3. The fourth-order valence-corrected chi connectivity index (χ4v) is 2.66.